The first-order valence-electron chi connectivity index (χ1n) is 8.80. The number of hydrogen-bond acceptors (Lipinski definition) is 8. The van der Waals surface area contributed by atoms with Crippen LogP contribution in [0, 0.1) is 16.0 Å². The van der Waals surface area contributed by atoms with Crippen molar-refractivity contribution in [1.82, 2.24) is 5.43 Å². The number of benzene rings is 1. The highest BCUT2D eigenvalue weighted by Gasteiger charge is 2.25. The number of nitrogens with zero attached hydrogens (tertiary/aromatic N) is 2. The van der Waals surface area contributed by atoms with Gasteiger partial charge in [-0.3, -0.25) is 4.79 Å². The van der Waals surface area contributed by atoms with Crippen LogP contribution in [0.25, 0.3) is 0 Å². The first-order valence-corrected chi connectivity index (χ1v) is 8.80. The lowest BCUT2D eigenvalue weighted by Gasteiger charge is -2.24. The second-order valence-electron chi connectivity index (χ2n) is 7.23. The molecule has 0 unspecified atom stereocenters. The first-order chi connectivity index (χ1) is 13.0. The highest BCUT2D eigenvalue weighted by atomic mass is 16.7. The van der Waals surface area contributed by atoms with Gasteiger partial charge in [0.2, 0.25) is 0 Å². The summed E-state index contributed by atoms with van der Waals surface area (Å²) in [4.78, 5) is 26.6. The number of nitrogens with two attached hydrogens (primary N) is 3. The van der Waals surface area contributed by atoms with Crippen LogP contribution in [-0.2, 0) is 9.53 Å². The lowest BCUT2D eigenvalue weighted by molar-refractivity contribution is -0.525. The van der Waals surface area contributed by atoms with E-state index >= 15 is 0 Å². The number of anilines is 3. The van der Waals surface area contributed by atoms with Crippen LogP contribution < -0.4 is 27.9 Å². The van der Waals surface area contributed by atoms with Crippen LogP contribution in [0.2, 0.25) is 0 Å². The number of carbonyl (C=O) groups is 1. The Labute approximate surface area is 163 Å². The zero-order valence-corrected chi connectivity index (χ0v) is 16.4. The van der Waals surface area contributed by atoms with Crippen molar-refractivity contribution in [3.8, 4) is 0 Å². The van der Waals surface area contributed by atoms with E-state index in [1.807, 2.05) is 0 Å². The van der Waals surface area contributed by atoms with Crippen LogP contribution in [0.5, 0.6) is 0 Å². The third-order valence-corrected chi connectivity index (χ3v) is 3.58. The van der Waals surface area contributed by atoms with Gasteiger partial charge in [0.1, 0.15) is 5.60 Å². The molecule has 1 aromatic carbocycles. The van der Waals surface area contributed by atoms with Gasteiger partial charge in [-0.25, -0.2) is 15.1 Å². The Hall–Kier alpha value is -3.24. The van der Waals surface area contributed by atoms with Crippen LogP contribution in [0.15, 0.2) is 23.2 Å². The number of hydrazine groups is 1. The number of esters is 1. The van der Waals surface area contributed by atoms with Gasteiger partial charge in [0.25, 0.3) is 5.96 Å². The molecule has 1 rings (SSSR count). The molecule has 0 amide bonds. The van der Waals surface area contributed by atoms with Crippen LogP contribution in [0.1, 0.15) is 33.6 Å². The van der Waals surface area contributed by atoms with E-state index in [1.54, 1.807) is 44.4 Å². The van der Waals surface area contributed by atoms with Crippen molar-refractivity contribution in [3.63, 3.8) is 0 Å². The maximum Gasteiger partial charge on any atom is 0.311 e. The summed E-state index contributed by atoms with van der Waals surface area (Å²) in [5.74, 6) is -1.07. The second kappa shape index (κ2) is 10.2. The van der Waals surface area contributed by atoms with Crippen LogP contribution in [0.3, 0.4) is 0 Å². The maximum atomic E-state index is 12.5. The number of carbonyl (C=O) groups excluding carboxylic acids is 1. The zero-order valence-electron chi connectivity index (χ0n) is 16.4. The number of nitrogens with one attached hydrogen (secondary N) is 2. The van der Waals surface area contributed by atoms with E-state index in [9.17, 15) is 14.9 Å². The second-order valence-corrected chi connectivity index (χ2v) is 7.23. The Kier molecular flexibility index (Phi) is 8.29. The average molecular weight is 395 g/mol. The lowest BCUT2D eigenvalue weighted by Crippen LogP contribution is -2.36. The molecule has 0 saturated heterocycles. The van der Waals surface area contributed by atoms with Crippen LogP contribution in [0.4, 0.5) is 17.1 Å². The lowest BCUT2D eigenvalue weighted by atomic mass is 10.0. The SMILES string of the molecule is CC(C)(C)OC(=O)[C@@H](CCCN=C(N)N[N+](=O)[O-])CNc1ccc(N)c(N)c1. The Morgan fingerprint density at radius 2 is 2.00 bits per heavy atom. The maximum absolute atomic E-state index is 12.5. The van der Waals surface area contributed by atoms with Crippen molar-refractivity contribution in [2.45, 2.75) is 39.2 Å². The normalized spacial score (nSPS) is 12.9. The monoisotopic (exact) mass is 395 g/mol. The van der Waals surface area contributed by atoms with Gasteiger partial charge in [-0.05, 0) is 51.8 Å². The standard InChI is InChI=1S/C17H29N7O4/c1-17(2,3)28-15(25)11(5-4-8-21-16(20)23-24(26)27)10-22-12-6-7-13(18)14(19)9-12/h6-7,9,11,22H,4-5,8,10,18-19H2,1-3H3,(H3,20,21,23)/t11-/m0/s1. The van der Waals surface area contributed by atoms with Gasteiger partial charge >= 0.3 is 5.97 Å². The van der Waals surface area contributed by atoms with Crippen molar-refractivity contribution in [1.29, 1.82) is 0 Å². The molecule has 8 N–H and O–H groups in total. The molecule has 0 saturated carbocycles. The Bertz CT molecular complexity index is 716. The highest BCUT2D eigenvalue weighted by molar-refractivity contribution is 5.76. The molecule has 1 atom stereocenters. The fraction of sp³-hybridized carbons (Fsp3) is 0.529. The summed E-state index contributed by atoms with van der Waals surface area (Å²) >= 11 is 0. The molecule has 0 aromatic heterocycles. The zero-order chi connectivity index (χ0) is 21.3. The van der Waals surface area contributed by atoms with Gasteiger partial charge in [0, 0.05) is 18.8 Å². The number of guanidine groups is 1. The average Bonchev–Trinajstić information content (AvgIpc) is 2.54. The number of nitro groups is 1. The summed E-state index contributed by atoms with van der Waals surface area (Å²) in [7, 11) is 0. The third kappa shape index (κ3) is 8.92. The van der Waals surface area contributed by atoms with E-state index in [1.165, 1.54) is 0 Å². The summed E-state index contributed by atoms with van der Waals surface area (Å²) in [6.07, 6.45) is 0.956. The molecule has 0 fully saturated rings. The molecule has 0 radical (unpaired) electrons. The minimum atomic E-state index is -0.787. The fourth-order valence-corrected chi connectivity index (χ4v) is 2.28. The first kappa shape index (κ1) is 22.8. The molecule has 0 bridgehead atoms. The molecule has 1 aromatic rings. The summed E-state index contributed by atoms with van der Waals surface area (Å²) in [5.41, 5.74) is 19.7. The number of nitrogen functional groups attached to an aromatic ring is 2. The molecular weight excluding hydrogens is 366 g/mol. The summed E-state index contributed by atoms with van der Waals surface area (Å²) in [6, 6.07) is 5.14. The van der Waals surface area contributed by atoms with Crippen molar-refractivity contribution >= 4 is 29.0 Å². The number of ether oxygens (including phenoxy) is 1. The van der Waals surface area contributed by atoms with E-state index in [0.717, 1.165) is 5.69 Å². The van der Waals surface area contributed by atoms with Crippen LogP contribution in [-0.4, -0.2) is 35.7 Å². The molecule has 0 aliphatic carbocycles. The Balaban J connectivity index is 2.69. The van der Waals surface area contributed by atoms with E-state index in [4.69, 9.17) is 21.9 Å². The largest absolute Gasteiger partial charge is 0.460 e. The van der Waals surface area contributed by atoms with E-state index in [2.05, 4.69) is 10.3 Å². The molecule has 0 heterocycles. The molecule has 0 spiro atoms. The van der Waals surface area contributed by atoms with Gasteiger partial charge < -0.3 is 27.3 Å². The van der Waals surface area contributed by atoms with E-state index in [-0.39, 0.29) is 18.5 Å². The molecule has 0 aliphatic rings. The minimum absolute atomic E-state index is 0.237. The van der Waals surface area contributed by atoms with Crippen molar-refractivity contribution in [2.75, 3.05) is 29.9 Å². The predicted octanol–water partition coefficient (Wildman–Crippen LogP) is 1.10. The van der Waals surface area contributed by atoms with Crippen molar-refractivity contribution < 1.29 is 14.6 Å². The van der Waals surface area contributed by atoms with E-state index < -0.39 is 16.6 Å². The summed E-state index contributed by atoms with van der Waals surface area (Å²) in [5, 5.41) is 12.7. The smallest absolute Gasteiger partial charge is 0.311 e. The molecule has 156 valence electrons. The summed E-state index contributed by atoms with van der Waals surface area (Å²) < 4.78 is 5.48. The number of rotatable bonds is 9. The van der Waals surface area contributed by atoms with Gasteiger partial charge in [-0.15, -0.1) is 0 Å². The topological polar surface area (TPSA) is 184 Å². The van der Waals surface area contributed by atoms with Gasteiger partial charge in [0.05, 0.1) is 17.3 Å². The Morgan fingerprint density at radius 1 is 1.32 bits per heavy atom. The van der Waals surface area contributed by atoms with Gasteiger partial charge in [0.15, 0.2) is 5.03 Å². The molecule has 11 heteroatoms. The number of hydrogen-bond donors (Lipinski definition) is 5. The molecule has 0 aliphatic heterocycles. The van der Waals surface area contributed by atoms with Crippen molar-refractivity contribution in [3.05, 3.63) is 28.3 Å². The molecule has 11 nitrogen and oxygen atoms in total. The summed E-state index contributed by atoms with van der Waals surface area (Å²) in [6.45, 7) is 5.95. The minimum Gasteiger partial charge on any atom is -0.460 e. The Morgan fingerprint density at radius 3 is 2.57 bits per heavy atom. The molecular formula is C17H29N7O4. The van der Waals surface area contributed by atoms with Crippen molar-refractivity contribution in [2.24, 2.45) is 16.6 Å². The third-order valence-electron chi connectivity index (χ3n) is 3.58. The fourth-order valence-electron chi connectivity index (χ4n) is 2.28. The van der Waals surface area contributed by atoms with Crippen LogP contribution >= 0.6 is 0 Å². The van der Waals surface area contributed by atoms with Gasteiger partial charge in [-0.1, -0.05) is 5.43 Å². The predicted molar refractivity (Wildman–Crippen MR) is 109 cm³/mol. The quantitative estimate of drug-likeness (QED) is 0.0776. The van der Waals surface area contributed by atoms with Gasteiger partial charge in [-0.2, -0.15) is 0 Å². The molecule has 28 heavy (non-hydrogen) atoms. The number of aliphatic imine (C=N–C) groups is 1. The van der Waals surface area contributed by atoms with E-state index in [0.29, 0.717) is 30.8 Å². The highest BCUT2D eigenvalue weighted by Crippen LogP contribution is 2.21.